The molecule has 4 bridgehead atoms. The van der Waals surface area contributed by atoms with Crippen molar-refractivity contribution in [2.75, 3.05) is 4.90 Å². The summed E-state index contributed by atoms with van der Waals surface area (Å²) in [6.07, 6.45) is 12.1. The maximum absolute atomic E-state index is 2.67. The standard InChI is InChI=1S/C67H57N/c1-3-17-45(18-4-1)46-33-35-48(36-34-46)53-23-8-12-30-63(53)68(65-32-14-10-26-58(65)59-28-16-22-49-21-15-27-55(66(49)59)47-19-5-2-6-20-47)64-31-13-9-24-54(64)50-37-38-57-56-25-7-11-29-60(56)67(62(57)43-50)52-40-44-39-51(42-52)61(67)41-44/h1,3-4,7-18,21-38,43-44,47,51-52,61H,2,5-6,19-20,39-42H2. The molecule has 5 atom stereocenters. The minimum atomic E-state index is 0.115. The molecule has 0 aliphatic heterocycles. The van der Waals surface area contributed by atoms with Gasteiger partial charge in [0, 0.05) is 22.1 Å². The van der Waals surface area contributed by atoms with Gasteiger partial charge in [0.15, 0.2) is 0 Å². The van der Waals surface area contributed by atoms with Gasteiger partial charge in [-0.05, 0) is 159 Å². The van der Waals surface area contributed by atoms with Gasteiger partial charge in [-0.1, -0.05) is 201 Å². The summed E-state index contributed by atoms with van der Waals surface area (Å²) in [6.45, 7) is 0. The fourth-order valence-electron chi connectivity index (χ4n) is 15.1. The van der Waals surface area contributed by atoms with E-state index in [9.17, 15) is 0 Å². The first-order valence-electron chi connectivity index (χ1n) is 25.7. The van der Waals surface area contributed by atoms with Gasteiger partial charge in [-0.25, -0.2) is 0 Å². The molecule has 9 aromatic rings. The van der Waals surface area contributed by atoms with Crippen LogP contribution in [-0.2, 0) is 5.41 Å². The van der Waals surface area contributed by atoms with Gasteiger partial charge >= 0.3 is 0 Å². The van der Waals surface area contributed by atoms with E-state index in [4.69, 9.17) is 0 Å². The van der Waals surface area contributed by atoms with Crippen molar-refractivity contribution in [2.24, 2.45) is 23.7 Å². The van der Waals surface area contributed by atoms with Gasteiger partial charge in [-0.15, -0.1) is 0 Å². The average molecular weight is 876 g/mol. The van der Waals surface area contributed by atoms with Crippen LogP contribution >= 0.6 is 0 Å². The molecular weight excluding hydrogens is 819 g/mol. The Balaban J connectivity index is 0.986. The van der Waals surface area contributed by atoms with Crippen LogP contribution in [0.1, 0.15) is 80.4 Å². The molecule has 9 aromatic carbocycles. The van der Waals surface area contributed by atoms with Crippen molar-refractivity contribution < 1.29 is 0 Å². The van der Waals surface area contributed by atoms with Crippen molar-refractivity contribution >= 4 is 27.8 Å². The van der Waals surface area contributed by atoms with Crippen molar-refractivity contribution in [2.45, 2.75) is 69.1 Å². The number of rotatable bonds is 8. The van der Waals surface area contributed by atoms with Crippen LogP contribution < -0.4 is 4.90 Å². The zero-order valence-corrected chi connectivity index (χ0v) is 38.8. The highest BCUT2D eigenvalue weighted by Crippen LogP contribution is 2.73. The third kappa shape index (κ3) is 6.14. The summed E-state index contributed by atoms with van der Waals surface area (Å²) in [5, 5.41) is 2.74. The van der Waals surface area contributed by atoms with Crippen molar-refractivity contribution in [3.63, 3.8) is 0 Å². The van der Waals surface area contributed by atoms with Gasteiger partial charge in [0.25, 0.3) is 0 Å². The molecule has 0 heterocycles. The molecule has 0 aromatic heterocycles. The summed E-state index contributed by atoms with van der Waals surface area (Å²) in [6, 6.07) is 78.8. The van der Waals surface area contributed by atoms with Crippen LogP contribution in [0.15, 0.2) is 206 Å². The first kappa shape index (κ1) is 40.1. The van der Waals surface area contributed by atoms with Crippen molar-refractivity contribution in [1.29, 1.82) is 0 Å². The SMILES string of the molecule is c1ccc(-c2ccc(-c3ccccc3N(c3ccccc3-c3ccc4c(c3)C3(c5ccccc5-4)C4CC5CC(C4)C3C5)c3ccccc3-c3cccc4cccc(C5CCCCC5)c34)cc2)cc1. The first-order valence-corrected chi connectivity index (χ1v) is 25.7. The minimum absolute atomic E-state index is 0.115. The molecule has 15 rings (SSSR count). The van der Waals surface area contributed by atoms with E-state index >= 15 is 0 Å². The third-order valence-corrected chi connectivity index (χ3v) is 17.7. The summed E-state index contributed by atoms with van der Waals surface area (Å²) < 4.78 is 0. The number of hydrogen-bond acceptors (Lipinski definition) is 1. The van der Waals surface area contributed by atoms with E-state index in [-0.39, 0.29) is 5.41 Å². The quantitative estimate of drug-likeness (QED) is 0.147. The van der Waals surface area contributed by atoms with Crippen LogP contribution in [0.4, 0.5) is 17.1 Å². The topological polar surface area (TPSA) is 3.24 Å². The lowest BCUT2D eigenvalue weighted by molar-refractivity contribution is 0.191. The van der Waals surface area contributed by atoms with Crippen LogP contribution in [0.2, 0.25) is 0 Å². The Morgan fingerprint density at radius 1 is 0.382 bits per heavy atom. The highest BCUT2D eigenvalue weighted by molar-refractivity contribution is 6.05. The molecule has 0 amide bonds. The summed E-state index contributed by atoms with van der Waals surface area (Å²) in [5.41, 5.74) is 21.3. The van der Waals surface area contributed by atoms with Crippen LogP contribution in [0.3, 0.4) is 0 Å². The Morgan fingerprint density at radius 3 is 1.71 bits per heavy atom. The van der Waals surface area contributed by atoms with Crippen LogP contribution in [0.25, 0.3) is 66.4 Å². The third-order valence-electron chi connectivity index (χ3n) is 17.7. The summed E-state index contributed by atoms with van der Waals surface area (Å²) in [7, 11) is 0. The lowest BCUT2D eigenvalue weighted by Crippen LogP contribution is -2.40. The van der Waals surface area contributed by atoms with E-state index in [2.05, 4.69) is 211 Å². The van der Waals surface area contributed by atoms with E-state index in [1.54, 1.807) is 11.1 Å². The number of anilines is 3. The predicted molar refractivity (Wildman–Crippen MR) is 285 cm³/mol. The minimum Gasteiger partial charge on any atom is -0.309 e. The molecule has 1 spiro atoms. The summed E-state index contributed by atoms with van der Waals surface area (Å²) in [5.74, 6) is 3.81. The van der Waals surface area contributed by atoms with Gasteiger partial charge < -0.3 is 4.90 Å². The molecule has 68 heavy (non-hydrogen) atoms. The van der Waals surface area contributed by atoms with E-state index < -0.39 is 0 Å². The Bertz CT molecular complexity index is 3360. The largest absolute Gasteiger partial charge is 0.309 e. The van der Waals surface area contributed by atoms with E-state index in [1.165, 1.54) is 147 Å². The Morgan fingerprint density at radius 2 is 0.956 bits per heavy atom. The molecule has 6 aliphatic rings. The number of benzene rings is 9. The van der Waals surface area contributed by atoms with Gasteiger partial charge in [-0.2, -0.15) is 0 Å². The van der Waals surface area contributed by atoms with Gasteiger partial charge in [0.1, 0.15) is 0 Å². The first-order chi connectivity index (χ1) is 33.7. The molecule has 5 saturated carbocycles. The zero-order valence-electron chi connectivity index (χ0n) is 38.8. The molecule has 6 aliphatic carbocycles. The maximum Gasteiger partial charge on any atom is 0.0540 e. The van der Waals surface area contributed by atoms with E-state index in [0.29, 0.717) is 5.92 Å². The number of fused-ring (bicyclic) bond motifs is 4. The van der Waals surface area contributed by atoms with E-state index in [0.717, 1.165) is 23.7 Å². The van der Waals surface area contributed by atoms with Crippen molar-refractivity contribution in [3.8, 4) is 55.6 Å². The van der Waals surface area contributed by atoms with Crippen LogP contribution in [0.5, 0.6) is 0 Å². The Hall–Kier alpha value is -6.96. The fraction of sp³-hybridized carbons (Fsp3) is 0.224. The molecular formula is C67H57N. The van der Waals surface area contributed by atoms with E-state index in [1.807, 2.05) is 0 Å². The highest BCUT2D eigenvalue weighted by Gasteiger charge is 2.66. The smallest absolute Gasteiger partial charge is 0.0540 e. The second-order valence-corrected chi connectivity index (χ2v) is 21.0. The fourth-order valence-corrected chi connectivity index (χ4v) is 15.1. The normalized spacial score (nSPS) is 22.2. The highest BCUT2D eigenvalue weighted by atomic mass is 15.1. The zero-order chi connectivity index (χ0) is 44.8. The molecule has 1 nitrogen and oxygen atoms in total. The van der Waals surface area contributed by atoms with Crippen molar-refractivity contribution in [1.82, 2.24) is 0 Å². The summed E-state index contributed by atoms with van der Waals surface area (Å²) in [4.78, 5) is 2.62. The average Bonchev–Trinajstić information content (AvgIpc) is 3.96. The lowest BCUT2D eigenvalue weighted by Gasteiger charge is -2.44. The molecule has 0 radical (unpaired) electrons. The van der Waals surface area contributed by atoms with Crippen LogP contribution in [0, 0.1) is 23.7 Å². The number of hydrogen-bond donors (Lipinski definition) is 0. The summed E-state index contributed by atoms with van der Waals surface area (Å²) >= 11 is 0. The Kier molecular flexibility index (Phi) is 9.50. The van der Waals surface area contributed by atoms with Gasteiger partial charge in [0.2, 0.25) is 0 Å². The number of nitrogens with zero attached hydrogens (tertiary/aromatic N) is 1. The van der Waals surface area contributed by atoms with Crippen LogP contribution in [-0.4, -0.2) is 0 Å². The molecule has 1 heteroatoms. The monoisotopic (exact) mass is 875 g/mol. The molecule has 330 valence electrons. The molecule has 5 unspecified atom stereocenters. The van der Waals surface area contributed by atoms with Crippen molar-refractivity contribution in [3.05, 3.63) is 223 Å². The molecule has 5 fully saturated rings. The second kappa shape index (κ2) is 16.1. The molecule has 0 N–H and O–H groups in total. The maximum atomic E-state index is 2.67. The number of para-hydroxylation sites is 3. The Labute approximate surface area is 402 Å². The predicted octanol–water partition coefficient (Wildman–Crippen LogP) is 18.4. The second-order valence-electron chi connectivity index (χ2n) is 21.0. The lowest BCUT2D eigenvalue weighted by atomic mass is 9.59. The van der Waals surface area contributed by atoms with Gasteiger partial charge in [0.05, 0.1) is 17.1 Å². The molecule has 0 saturated heterocycles. The van der Waals surface area contributed by atoms with Gasteiger partial charge in [-0.3, -0.25) is 0 Å².